The Balaban J connectivity index is 1.92. The van der Waals surface area contributed by atoms with Gasteiger partial charge in [-0.05, 0) is 71.3 Å². The minimum Gasteiger partial charge on any atom is -0.491 e. The maximum absolute atomic E-state index is 5.65. The van der Waals surface area contributed by atoms with Gasteiger partial charge in [0.25, 0.3) is 0 Å². The smallest absolute Gasteiger partial charge is 0.119 e. The molecule has 1 atom stereocenters. The molecule has 0 spiro atoms. The molecule has 0 aromatic heterocycles. The molecular weight excluding hydrogens is 236 g/mol. The van der Waals surface area contributed by atoms with Crippen molar-refractivity contribution < 1.29 is 4.74 Å². The molecule has 3 nitrogen and oxygen atoms in total. The van der Waals surface area contributed by atoms with E-state index < -0.39 is 0 Å². The first-order valence-electron chi connectivity index (χ1n) is 7.23. The van der Waals surface area contributed by atoms with E-state index in [-0.39, 0.29) is 11.6 Å². The zero-order valence-electron chi connectivity index (χ0n) is 12.5. The Hall–Kier alpha value is -1.22. The van der Waals surface area contributed by atoms with E-state index in [0.717, 1.165) is 18.7 Å². The van der Waals surface area contributed by atoms with Gasteiger partial charge in [0, 0.05) is 17.3 Å². The summed E-state index contributed by atoms with van der Waals surface area (Å²) < 4.78 is 5.65. The molecule has 106 valence electrons. The lowest BCUT2D eigenvalue weighted by Crippen LogP contribution is -2.49. The van der Waals surface area contributed by atoms with E-state index in [2.05, 4.69) is 36.6 Å². The molecule has 0 aliphatic carbocycles. The van der Waals surface area contributed by atoms with Crippen molar-refractivity contribution in [2.45, 2.75) is 58.2 Å². The number of nitrogens with one attached hydrogen (secondary N) is 2. The molecule has 1 unspecified atom stereocenters. The normalized spacial score (nSPS) is 22.3. The Labute approximate surface area is 116 Å². The zero-order valence-corrected chi connectivity index (χ0v) is 12.5. The molecule has 0 radical (unpaired) electrons. The van der Waals surface area contributed by atoms with Gasteiger partial charge in [0.2, 0.25) is 0 Å². The fraction of sp³-hybridized carbons (Fsp3) is 0.625. The summed E-state index contributed by atoms with van der Waals surface area (Å²) >= 11 is 0. The Kier molecular flexibility index (Phi) is 4.35. The van der Waals surface area contributed by atoms with Crippen LogP contribution < -0.4 is 15.4 Å². The quantitative estimate of drug-likeness (QED) is 0.872. The van der Waals surface area contributed by atoms with Crippen molar-refractivity contribution in [2.24, 2.45) is 0 Å². The second-order valence-corrected chi connectivity index (χ2v) is 6.34. The van der Waals surface area contributed by atoms with E-state index in [4.69, 9.17) is 4.74 Å². The first-order chi connectivity index (χ1) is 8.94. The van der Waals surface area contributed by atoms with E-state index in [1.54, 1.807) is 0 Å². The van der Waals surface area contributed by atoms with Crippen LogP contribution in [-0.4, -0.2) is 24.2 Å². The summed E-state index contributed by atoms with van der Waals surface area (Å²) in [6.07, 6.45) is 2.55. The van der Waals surface area contributed by atoms with Crippen molar-refractivity contribution >= 4 is 5.69 Å². The Morgan fingerprint density at radius 2 is 1.95 bits per heavy atom. The summed E-state index contributed by atoms with van der Waals surface area (Å²) in [6, 6.07) is 8.83. The standard InChI is InChI=1S/C16H26N2O/c1-12(2)19-15-7-5-13(6-8-15)18-14-9-10-17-16(3,4)11-14/h5-8,12,14,17-18H,9-11H2,1-4H3. The summed E-state index contributed by atoms with van der Waals surface area (Å²) in [7, 11) is 0. The number of benzene rings is 1. The first-order valence-corrected chi connectivity index (χ1v) is 7.23. The Morgan fingerprint density at radius 3 is 2.53 bits per heavy atom. The van der Waals surface area contributed by atoms with Gasteiger partial charge in [-0.2, -0.15) is 0 Å². The third kappa shape index (κ3) is 4.43. The highest BCUT2D eigenvalue weighted by atomic mass is 16.5. The fourth-order valence-electron chi connectivity index (χ4n) is 2.64. The minimum absolute atomic E-state index is 0.226. The fourth-order valence-corrected chi connectivity index (χ4v) is 2.64. The van der Waals surface area contributed by atoms with Crippen LogP contribution in [0, 0.1) is 0 Å². The first kappa shape index (κ1) is 14.2. The SMILES string of the molecule is CC(C)Oc1ccc(NC2CCNC(C)(C)C2)cc1. The van der Waals surface area contributed by atoms with Crippen LogP contribution in [0.2, 0.25) is 0 Å². The molecule has 1 saturated heterocycles. The molecular formula is C16H26N2O. The second kappa shape index (κ2) is 5.83. The van der Waals surface area contributed by atoms with Crippen LogP contribution in [0.3, 0.4) is 0 Å². The van der Waals surface area contributed by atoms with Crippen molar-refractivity contribution in [3.05, 3.63) is 24.3 Å². The van der Waals surface area contributed by atoms with Gasteiger partial charge in [-0.25, -0.2) is 0 Å². The van der Waals surface area contributed by atoms with Crippen molar-refractivity contribution in [3.63, 3.8) is 0 Å². The van der Waals surface area contributed by atoms with Crippen LogP contribution in [-0.2, 0) is 0 Å². The maximum Gasteiger partial charge on any atom is 0.119 e. The number of hydrogen-bond donors (Lipinski definition) is 2. The largest absolute Gasteiger partial charge is 0.491 e. The lowest BCUT2D eigenvalue weighted by atomic mass is 9.89. The summed E-state index contributed by atoms with van der Waals surface area (Å²) in [5.74, 6) is 0.936. The number of ether oxygens (including phenoxy) is 1. The summed E-state index contributed by atoms with van der Waals surface area (Å²) in [5, 5.41) is 7.17. The van der Waals surface area contributed by atoms with E-state index in [1.165, 1.54) is 12.1 Å². The minimum atomic E-state index is 0.226. The van der Waals surface area contributed by atoms with Crippen LogP contribution in [0.1, 0.15) is 40.5 Å². The molecule has 1 heterocycles. The lowest BCUT2D eigenvalue weighted by Gasteiger charge is -2.37. The zero-order chi connectivity index (χ0) is 13.9. The number of piperidine rings is 1. The summed E-state index contributed by atoms with van der Waals surface area (Å²) in [5.41, 5.74) is 1.41. The van der Waals surface area contributed by atoms with Gasteiger partial charge in [0.1, 0.15) is 5.75 Å². The number of hydrogen-bond acceptors (Lipinski definition) is 3. The predicted molar refractivity (Wildman–Crippen MR) is 80.9 cm³/mol. The monoisotopic (exact) mass is 262 g/mol. The molecule has 2 N–H and O–H groups in total. The van der Waals surface area contributed by atoms with E-state index in [0.29, 0.717) is 6.04 Å². The molecule has 0 bridgehead atoms. The van der Waals surface area contributed by atoms with Crippen LogP contribution in [0.15, 0.2) is 24.3 Å². The average molecular weight is 262 g/mol. The summed E-state index contributed by atoms with van der Waals surface area (Å²) in [6.45, 7) is 9.70. The third-order valence-electron chi connectivity index (χ3n) is 3.45. The van der Waals surface area contributed by atoms with Crippen molar-refractivity contribution in [3.8, 4) is 5.75 Å². The van der Waals surface area contributed by atoms with Gasteiger partial charge in [0.05, 0.1) is 6.10 Å². The molecule has 1 aromatic carbocycles. The summed E-state index contributed by atoms with van der Waals surface area (Å²) in [4.78, 5) is 0. The van der Waals surface area contributed by atoms with Gasteiger partial charge in [-0.3, -0.25) is 0 Å². The Morgan fingerprint density at radius 1 is 1.26 bits per heavy atom. The van der Waals surface area contributed by atoms with E-state index in [1.807, 2.05) is 26.0 Å². The Bertz CT molecular complexity index is 398. The van der Waals surface area contributed by atoms with E-state index >= 15 is 0 Å². The molecule has 1 aromatic rings. The van der Waals surface area contributed by atoms with E-state index in [9.17, 15) is 0 Å². The molecule has 3 heteroatoms. The molecule has 0 amide bonds. The lowest BCUT2D eigenvalue weighted by molar-refractivity contribution is 0.242. The van der Waals surface area contributed by atoms with Crippen LogP contribution in [0.25, 0.3) is 0 Å². The number of anilines is 1. The molecule has 1 aliphatic rings. The molecule has 19 heavy (non-hydrogen) atoms. The van der Waals surface area contributed by atoms with Crippen molar-refractivity contribution in [1.29, 1.82) is 0 Å². The van der Waals surface area contributed by atoms with Gasteiger partial charge in [-0.15, -0.1) is 0 Å². The highest BCUT2D eigenvalue weighted by molar-refractivity contribution is 5.47. The average Bonchev–Trinajstić information content (AvgIpc) is 2.30. The highest BCUT2D eigenvalue weighted by Gasteiger charge is 2.27. The van der Waals surface area contributed by atoms with Crippen LogP contribution in [0.4, 0.5) is 5.69 Å². The second-order valence-electron chi connectivity index (χ2n) is 6.34. The molecule has 2 rings (SSSR count). The molecule has 0 saturated carbocycles. The van der Waals surface area contributed by atoms with Crippen molar-refractivity contribution in [2.75, 3.05) is 11.9 Å². The highest BCUT2D eigenvalue weighted by Crippen LogP contribution is 2.23. The predicted octanol–water partition coefficient (Wildman–Crippen LogP) is 3.42. The van der Waals surface area contributed by atoms with Crippen LogP contribution >= 0.6 is 0 Å². The van der Waals surface area contributed by atoms with Gasteiger partial charge >= 0.3 is 0 Å². The molecule has 1 fully saturated rings. The van der Waals surface area contributed by atoms with Gasteiger partial charge in [-0.1, -0.05) is 0 Å². The third-order valence-corrected chi connectivity index (χ3v) is 3.45. The van der Waals surface area contributed by atoms with Crippen molar-refractivity contribution in [1.82, 2.24) is 5.32 Å². The van der Waals surface area contributed by atoms with Crippen LogP contribution in [0.5, 0.6) is 5.75 Å². The topological polar surface area (TPSA) is 33.3 Å². The molecule has 1 aliphatic heterocycles. The number of rotatable bonds is 4. The van der Waals surface area contributed by atoms with Gasteiger partial charge in [0.15, 0.2) is 0 Å². The maximum atomic E-state index is 5.65. The van der Waals surface area contributed by atoms with Gasteiger partial charge < -0.3 is 15.4 Å².